The SMILES string of the molecule is CCOC(=O)[C@H]1CCC=CC1=O. The predicted octanol–water partition coefficient (Wildman–Crippen LogP) is 1.08. The zero-order valence-electron chi connectivity index (χ0n) is 7.08. The summed E-state index contributed by atoms with van der Waals surface area (Å²) in [7, 11) is 0. The Hall–Kier alpha value is -1.12. The fourth-order valence-electron chi connectivity index (χ4n) is 1.20. The fourth-order valence-corrected chi connectivity index (χ4v) is 1.20. The number of rotatable bonds is 2. The van der Waals surface area contributed by atoms with Crippen molar-refractivity contribution in [3.05, 3.63) is 12.2 Å². The highest BCUT2D eigenvalue weighted by Crippen LogP contribution is 2.16. The smallest absolute Gasteiger partial charge is 0.316 e. The first-order chi connectivity index (χ1) is 5.75. The van der Waals surface area contributed by atoms with Gasteiger partial charge >= 0.3 is 5.97 Å². The van der Waals surface area contributed by atoms with Gasteiger partial charge in [0.05, 0.1) is 6.61 Å². The maximum absolute atomic E-state index is 11.1. The summed E-state index contributed by atoms with van der Waals surface area (Å²) in [5, 5.41) is 0. The van der Waals surface area contributed by atoms with Crippen LogP contribution < -0.4 is 0 Å². The molecule has 0 aromatic heterocycles. The molecule has 0 heterocycles. The Morgan fingerprint density at radius 2 is 2.50 bits per heavy atom. The highest BCUT2D eigenvalue weighted by molar-refractivity contribution is 6.05. The van der Waals surface area contributed by atoms with E-state index in [2.05, 4.69) is 0 Å². The first kappa shape index (κ1) is 8.97. The van der Waals surface area contributed by atoms with Crippen molar-refractivity contribution >= 4 is 11.8 Å². The Bertz CT molecular complexity index is 218. The van der Waals surface area contributed by atoms with E-state index in [0.29, 0.717) is 13.0 Å². The molecule has 0 bridgehead atoms. The highest BCUT2D eigenvalue weighted by Gasteiger charge is 2.27. The minimum Gasteiger partial charge on any atom is -0.465 e. The Morgan fingerprint density at radius 3 is 3.08 bits per heavy atom. The second kappa shape index (κ2) is 4.04. The molecule has 0 N–H and O–H groups in total. The summed E-state index contributed by atoms with van der Waals surface area (Å²) in [5.74, 6) is -1.05. The number of carbonyl (C=O) groups excluding carboxylic acids is 2. The monoisotopic (exact) mass is 168 g/mol. The van der Waals surface area contributed by atoms with Gasteiger partial charge in [0.15, 0.2) is 5.78 Å². The topological polar surface area (TPSA) is 43.4 Å². The van der Waals surface area contributed by atoms with E-state index < -0.39 is 5.92 Å². The van der Waals surface area contributed by atoms with Crippen molar-refractivity contribution in [3.8, 4) is 0 Å². The zero-order valence-corrected chi connectivity index (χ0v) is 7.08. The van der Waals surface area contributed by atoms with Crippen LogP contribution in [0.25, 0.3) is 0 Å². The van der Waals surface area contributed by atoms with Gasteiger partial charge in [-0.3, -0.25) is 9.59 Å². The average molecular weight is 168 g/mol. The molecule has 0 saturated carbocycles. The van der Waals surface area contributed by atoms with Crippen LogP contribution >= 0.6 is 0 Å². The number of hydrogen-bond donors (Lipinski definition) is 0. The summed E-state index contributed by atoms with van der Waals surface area (Å²) < 4.78 is 4.76. The Morgan fingerprint density at radius 1 is 1.75 bits per heavy atom. The van der Waals surface area contributed by atoms with E-state index in [4.69, 9.17) is 4.74 Å². The van der Waals surface area contributed by atoms with Crippen molar-refractivity contribution in [3.63, 3.8) is 0 Å². The van der Waals surface area contributed by atoms with Crippen molar-refractivity contribution in [1.29, 1.82) is 0 Å². The van der Waals surface area contributed by atoms with Crippen molar-refractivity contribution in [2.24, 2.45) is 5.92 Å². The first-order valence-electron chi connectivity index (χ1n) is 4.12. The van der Waals surface area contributed by atoms with Gasteiger partial charge in [0, 0.05) is 0 Å². The van der Waals surface area contributed by atoms with Gasteiger partial charge in [0.1, 0.15) is 5.92 Å². The molecule has 12 heavy (non-hydrogen) atoms. The summed E-state index contributed by atoms with van der Waals surface area (Å²) in [6.45, 7) is 2.08. The quantitative estimate of drug-likeness (QED) is 0.458. The van der Waals surface area contributed by atoms with Crippen LogP contribution in [0.2, 0.25) is 0 Å². The number of ether oxygens (including phenoxy) is 1. The van der Waals surface area contributed by atoms with Crippen LogP contribution in [-0.2, 0) is 14.3 Å². The third kappa shape index (κ3) is 1.94. The Balaban J connectivity index is 2.56. The van der Waals surface area contributed by atoms with Gasteiger partial charge in [0.2, 0.25) is 0 Å². The largest absolute Gasteiger partial charge is 0.465 e. The van der Waals surface area contributed by atoms with Gasteiger partial charge < -0.3 is 4.74 Å². The molecule has 0 spiro atoms. The van der Waals surface area contributed by atoms with Gasteiger partial charge in [-0.2, -0.15) is 0 Å². The van der Waals surface area contributed by atoms with Gasteiger partial charge in [-0.1, -0.05) is 6.08 Å². The minimum absolute atomic E-state index is 0.125. The molecule has 1 atom stereocenters. The van der Waals surface area contributed by atoms with E-state index in [1.54, 1.807) is 13.0 Å². The number of ketones is 1. The van der Waals surface area contributed by atoms with Gasteiger partial charge in [-0.05, 0) is 25.8 Å². The standard InChI is InChI=1S/C9H12O3/c1-2-12-9(11)7-5-3-4-6-8(7)10/h4,6-7H,2-3,5H2,1H3/t7-/m0/s1. The molecule has 0 radical (unpaired) electrons. The summed E-state index contributed by atoms with van der Waals surface area (Å²) in [6, 6.07) is 0. The third-order valence-corrected chi connectivity index (χ3v) is 1.82. The third-order valence-electron chi connectivity index (χ3n) is 1.82. The van der Waals surface area contributed by atoms with E-state index in [9.17, 15) is 9.59 Å². The Labute approximate surface area is 71.4 Å². The van der Waals surface area contributed by atoms with Crippen molar-refractivity contribution in [2.75, 3.05) is 6.61 Å². The van der Waals surface area contributed by atoms with Crippen LogP contribution in [-0.4, -0.2) is 18.4 Å². The zero-order chi connectivity index (χ0) is 8.97. The summed E-state index contributed by atoms with van der Waals surface area (Å²) in [6.07, 6.45) is 4.63. The van der Waals surface area contributed by atoms with Crippen molar-refractivity contribution < 1.29 is 14.3 Å². The van der Waals surface area contributed by atoms with Crippen molar-refractivity contribution in [1.82, 2.24) is 0 Å². The first-order valence-corrected chi connectivity index (χ1v) is 4.12. The number of esters is 1. The second-order valence-electron chi connectivity index (χ2n) is 2.69. The lowest BCUT2D eigenvalue weighted by Gasteiger charge is -2.14. The maximum atomic E-state index is 11.1. The molecule has 3 nitrogen and oxygen atoms in total. The molecule has 0 fully saturated rings. The van der Waals surface area contributed by atoms with Gasteiger partial charge in [0.25, 0.3) is 0 Å². The number of allylic oxidation sites excluding steroid dienone is 2. The lowest BCUT2D eigenvalue weighted by Crippen LogP contribution is -2.26. The molecule has 0 amide bonds. The van der Waals surface area contributed by atoms with E-state index in [0.717, 1.165) is 6.42 Å². The molecule has 3 heteroatoms. The predicted molar refractivity (Wildman–Crippen MR) is 43.5 cm³/mol. The molecular formula is C9H12O3. The van der Waals surface area contributed by atoms with E-state index in [-0.39, 0.29) is 11.8 Å². The molecule has 0 unspecified atom stereocenters. The highest BCUT2D eigenvalue weighted by atomic mass is 16.5. The molecule has 1 aliphatic carbocycles. The van der Waals surface area contributed by atoms with Crippen LogP contribution in [0.5, 0.6) is 0 Å². The van der Waals surface area contributed by atoms with Crippen LogP contribution in [0.3, 0.4) is 0 Å². The Kier molecular flexibility index (Phi) is 3.02. The van der Waals surface area contributed by atoms with Crippen molar-refractivity contribution in [2.45, 2.75) is 19.8 Å². The minimum atomic E-state index is -0.546. The van der Waals surface area contributed by atoms with E-state index in [1.165, 1.54) is 6.08 Å². The van der Waals surface area contributed by atoms with Gasteiger partial charge in [-0.25, -0.2) is 0 Å². The van der Waals surface area contributed by atoms with E-state index in [1.807, 2.05) is 0 Å². The normalized spacial score (nSPS) is 22.4. The van der Waals surface area contributed by atoms with Crippen LogP contribution in [0, 0.1) is 5.92 Å². The number of hydrogen-bond acceptors (Lipinski definition) is 3. The molecule has 0 aromatic carbocycles. The second-order valence-corrected chi connectivity index (χ2v) is 2.69. The lowest BCUT2D eigenvalue weighted by atomic mass is 9.93. The van der Waals surface area contributed by atoms with Gasteiger partial charge in [-0.15, -0.1) is 0 Å². The fraction of sp³-hybridized carbons (Fsp3) is 0.556. The summed E-state index contributed by atoms with van der Waals surface area (Å²) in [4.78, 5) is 22.3. The molecule has 66 valence electrons. The molecule has 0 aliphatic heterocycles. The maximum Gasteiger partial charge on any atom is 0.316 e. The molecule has 1 aliphatic rings. The molecule has 1 rings (SSSR count). The van der Waals surface area contributed by atoms with Crippen LogP contribution in [0.1, 0.15) is 19.8 Å². The summed E-state index contributed by atoms with van der Waals surface area (Å²) >= 11 is 0. The summed E-state index contributed by atoms with van der Waals surface area (Å²) in [5.41, 5.74) is 0. The van der Waals surface area contributed by atoms with Crippen LogP contribution in [0.4, 0.5) is 0 Å². The number of carbonyl (C=O) groups is 2. The van der Waals surface area contributed by atoms with E-state index >= 15 is 0 Å². The average Bonchev–Trinajstić information content (AvgIpc) is 2.05. The molecule has 0 aromatic rings. The lowest BCUT2D eigenvalue weighted by molar-refractivity contribution is -0.150. The molecule has 0 saturated heterocycles. The van der Waals surface area contributed by atoms with Crippen LogP contribution in [0.15, 0.2) is 12.2 Å². The molecular weight excluding hydrogens is 156 g/mol.